The lowest BCUT2D eigenvalue weighted by molar-refractivity contribution is -0.140. The Bertz CT molecular complexity index is 1620. The zero-order chi connectivity index (χ0) is 24.5. The fourth-order valence-electron chi connectivity index (χ4n) is 3.86. The molecule has 0 aliphatic carbocycles. The molecule has 176 valence electrons. The number of hydrogen-bond donors (Lipinski definition) is 0. The number of thiophene rings is 1. The predicted molar refractivity (Wildman–Crippen MR) is 141 cm³/mol. The molecule has 0 bridgehead atoms. The Morgan fingerprint density at radius 1 is 1.14 bits per heavy atom. The molecule has 0 fully saturated rings. The first-order valence-electron chi connectivity index (χ1n) is 10.6. The molecule has 35 heavy (non-hydrogen) atoms. The van der Waals surface area contributed by atoms with Crippen LogP contribution in [0.15, 0.2) is 87.1 Å². The number of carbonyl (C=O) groups is 1. The van der Waals surface area contributed by atoms with E-state index in [2.05, 4.69) is 4.99 Å². The molecule has 2 aromatic carbocycles. The Balaban J connectivity index is 1.59. The maximum Gasteiger partial charge on any atom is 0.338 e. The monoisotopic (exact) mass is 540 g/mol. The molecule has 2 aromatic heterocycles. The Morgan fingerprint density at radius 2 is 1.94 bits per heavy atom. The van der Waals surface area contributed by atoms with E-state index in [1.165, 1.54) is 22.7 Å². The van der Waals surface area contributed by atoms with Gasteiger partial charge in [-0.25, -0.2) is 9.79 Å². The van der Waals surface area contributed by atoms with Crippen molar-refractivity contribution in [3.8, 4) is 0 Å². The van der Waals surface area contributed by atoms with Crippen molar-refractivity contribution >= 4 is 57.9 Å². The molecular weight excluding hydrogens is 523 g/mol. The second kappa shape index (κ2) is 9.95. The molecule has 3 heterocycles. The summed E-state index contributed by atoms with van der Waals surface area (Å²) < 4.78 is 7.68. The van der Waals surface area contributed by atoms with Gasteiger partial charge in [-0.3, -0.25) is 9.36 Å². The number of nitrogens with zero attached hydrogens (tertiary/aromatic N) is 2. The number of allylic oxidation sites excluding steroid dienone is 1. The number of halogens is 2. The lowest BCUT2D eigenvalue weighted by Gasteiger charge is -2.23. The van der Waals surface area contributed by atoms with E-state index in [9.17, 15) is 9.59 Å². The van der Waals surface area contributed by atoms with Gasteiger partial charge in [-0.05, 0) is 47.7 Å². The van der Waals surface area contributed by atoms with Crippen LogP contribution in [-0.2, 0) is 16.1 Å². The molecule has 0 saturated carbocycles. The molecule has 1 unspecified atom stereocenters. The molecule has 0 radical (unpaired) electrons. The summed E-state index contributed by atoms with van der Waals surface area (Å²) in [7, 11) is 0. The number of carbonyl (C=O) groups excluding carboxylic acids is 1. The SMILES string of the molecule is CC1=C(C(=O)OCc2ccccc2)C(c2cccs2)n2c(s/c(=C/c3ccc(Cl)cc3Cl)c2=O)=N1. The van der Waals surface area contributed by atoms with E-state index < -0.39 is 12.0 Å². The molecule has 1 aliphatic heterocycles. The van der Waals surface area contributed by atoms with Gasteiger partial charge in [0.15, 0.2) is 4.80 Å². The van der Waals surface area contributed by atoms with Crippen molar-refractivity contribution in [3.05, 3.63) is 123 Å². The van der Waals surface area contributed by atoms with Crippen LogP contribution in [0.2, 0.25) is 10.0 Å². The number of hydrogen-bond acceptors (Lipinski definition) is 6. The van der Waals surface area contributed by atoms with Gasteiger partial charge in [-0.1, -0.05) is 77.0 Å². The highest BCUT2D eigenvalue weighted by molar-refractivity contribution is 7.10. The number of ether oxygens (including phenoxy) is 1. The number of benzene rings is 2. The third kappa shape index (κ3) is 4.77. The summed E-state index contributed by atoms with van der Waals surface area (Å²) in [4.78, 5) is 32.9. The van der Waals surface area contributed by atoms with Gasteiger partial charge >= 0.3 is 5.97 Å². The van der Waals surface area contributed by atoms with E-state index in [0.717, 1.165) is 10.4 Å². The molecule has 5 nitrogen and oxygen atoms in total. The maximum atomic E-state index is 13.6. The van der Waals surface area contributed by atoms with Crippen LogP contribution >= 0.6 is 45.9 Å². The number of aromatic nitrogens is 1. The first-order valence-corrected chi connectivity index (χ1v) is 13.1. The summed E-state index contributed by atoms with van der Waals surface area (Å²) in [5.74, 6) is -0.497. The van der Waals surface area contributed by atoms with Crippen LogP contribution in [-0.4, -0.2) is 10.5 Å². The minimum atomic E-state index is -0.627. The highest BCUT2D eigenvalue weighted by Gasteiger charge is 2.34. The standard InChI is InChI=1S/C26H18Cl2N2O3S2/c1-15-22(25(32)33-14-16-6-3-2-4-7-16)23(20-8-5-11-34-20)30-24(31)21(35-26(30)29-15)12-17-9-10-18(27)13-19(17)28/h2-13,23H,14H2,1H3/b21-12+. The van der Waals surface area contributed by atoms with Crippen molar-refractivity contribution in [3.63, 3.8) is 0 Å². The van der Waals surface area contributed by atoms with E-state index >= 15 is 0 Å². The third-order valence-electron chi connectivity index (χ3n) is 5.52. The van der Waals surface area contributed by atoms with Crippen LogP contribution in [0.25, 0.3) is 6.08 Å². The summed E-state index contributed by atoms with van der Waals surface area (Å²) in [5, 5.41) is 2.88. The summed E-state index contributed by atoms with van der Waals surface area (Å²) in [6.07, 6.45) is 1.72. The van der Waals surface area contributed by atoms with Crippen molar-refractivity contribution < 1.29 is 9.53 Å². The molecule has 5 rings (SSSR count). The van der Waals surface area contributed by atoms with Crippen molar-refractivity contribution in [2.75, 3.05) is 0 Å². The Hall–Kier alpha value is -2.97. The number of esters is 1. The van der Waals surface area contributed by atoms with Crippen LogP contribution in [0.1, 0.15) is 29.0 Å². The second-order valence-corrected chi connectivity index (χ2v) is 10.7. The van der Waals surface area contributed by atoms with Crippen molar-refractivity contribution in [1.82, 2.24) is 4.57 Å². The first kappa shape index (κ1) is 23.8. The van der Waals surface area contributed by atoms with E-state index in [1.54, 1.807) is 35.8 Å². The fourth-order valence-corrected chi connectivity index (χ4v) is 6.18. The largest absolute Gasteiger partial charge is 0.457 e. The van der Waals surface area contributed by atoms with Crippen LogP contribution in [0, 0.1) is 0 Å². The van der Waals surface area contributed by atoms with Crippen LogP contribution in [0.5, 0.6) is 0 Å². The highest BCUT2D eigenvalue weighted by Crippen LogP contribution is 2.33. The average Bonchev–Trinajstić information content (AvgIpc) is 3.48. The van der Waals surface area contributed by atoms with Crippen molar-refractivity contribution in [1.29, 1.82) is 0 Å². The van der Waals surface area contributed by atoms with Gasteiger partial charge in [0.25, 0.3) is 5.56 Å². The number of rotatable bonds is 5. The Kier molecular flexibility index (Phi) is 6.75. The van der Waals surface area contributed by atoms with E-state index in [-0.39, 0.29) is 12.2 Å². The topological polar surface area (TPSA) is 60.7 Å². The molecule has 0 N–H and O–H groups in total. The van der Waals surface area contributed by atoms with Gasteiger partial charge in [-0.2, -0.15) is 0 Å². The normalized spacial score (nSPS) is 15.6. The molecule has 0 saturated heterocycles. The quantitative estimate of drug-likeness (QED) is 0.320. The minimum absolute atomic E-state index is 0.132. The van der Waals surface area contributed by atoms with Gasteiger partial charge in [0.05, 0.1) is 15.8 Å². The van der Waals surface area contributed by atoms with E-state index in [4.69, 9.17) is 27.9 Å². The van der Waals surface area contributed by atoms with Crippen LogP contribution in [0.3, 0.4) is 0 Å². The maximum absolute atomic E-state index is 13.6. The smallest absolute Gasteiger partial charge is 0.338 e. The van der Waals surface area contributed by atoms with Gasteiger partial charge < -0.3 is 4.74 Å². The molecule has 4 aromatic rings. The van der Waals surface area contributed by atoms with Crippen LogP contribution in [0.4, 0.5) is 0 Å². The third-order valence-corrected chi connectivity index (χ3v) is 7.99. The zero-order valence-corrected chi connectivity index (χ0v) is 21.5. The summed E-state index contributed by atoms with van der Waals surface area (Å²) in [5.41, 5.74) is 2.18. The highest BCUT2D eigenvalue weighted by atomic mass is 35.5. The Morgan fingerprint density at radius 3 is 2.66 bits per heavy atom. The molecule has 1 aliphatic rings. The fraction of sp³-hybridized carbons (Fsp3) is 0.115. The van der Waals surface area contributed by atoms with Gasteiger partial charge in [0.2, 0.25) is 0 Å². The number of fused-ring (bicyclic) bond motifs is 1. The average molecular weight is 541 g/mol. The Labute approximate surface area is 218 Å². The molecular formula is C26H18Cl2N2O3S2. The van der Waals surface area contributed by atoms with Crippen molar-refractivity contribution in [2.45, 2.75) is 19.6 Å². The molecule has 0 amide bonds. The minimum Gasteiger partial charge on any atom is -0.457 e. The lowest BCUT2D eigenvalue weighted by Crippen LogP contribution is -2.39. The number of thiazole rings is 1. The molecule has 9 heteroatoms. The van der Waals surface area contributed by atoms with Gasteiger partial charge in [0, 0.05) is 14.9 Å². The summed E-state index contributed by atoms with van der Waals surface area (Å²) in [6.45, 7) is 1.90. The second-order valence-electron chi connectivity index (χ2n) is 7.82. The lowest BCUT2D eigenvalue weighted by atomic mass is 10.0. The predicted octanol–water partition coefficient (Wildman–Crippen LogP) is 5.35. The molecule has 1 atom stereocenters. The first-order chi connectivity index (χ1) is 16.9. The van der Waals surface area contributed by atoms with E-state index in [0.29, 0.717) is 36.2 Å². The van der Waals surface area contributed by atoms with Gasteiger partial charge in [0.1, 0.15) is 12.6 Å². The van der Waals surface area contributed by atoms with Crippen LogP contribution < -0.4 is 14.9 Å². The zero-order valence-electron chi connectivity index (χ0n) is 18.4. The van der Waals surface area contributed by atoms with Gasteiger partial charge in [-0.15, -0.1) is 11.3 Å². The van der Waals surface area contributed by atoms with E-state index in [1.807, 2.05) is 47.8 Å². The van der Waals surface area contributed by atoms with Crippen molar-refractivity contribution in [2.24, 2.45) is 4.99 Å². The molecule has 0 spiro atoms. The summed E-state index contributed by atoms with van der Waals surface area (Å²) in [6, 6.07) is 17.7. The summed E-state index contributed by atoms with van der Waals surface area (Å²) >= 11 is 15.1.